The van der Waals surface area contributed by atoms with Crippen LogP contribution in [0.2, 0.25) is 0 Å². The van der Waals surface area contributed by atoms with Gasteiger partial charge in [-0.3, -0.25) is 0 Å². The number of esters is 1. The average molecular weight is 234 g/mol. The van der Waals surface area contributed by atoms with Gasteiger partial charge in [0.1, 0.15) is 6.61 Å². The summed E-state index contributed by atoms with van der Waals surface area (Å²) in [5.41, 5.74) is 0.526. The third-order valence-electron chi connectivity index (χ3n) is 2.55. The zero-order valence-corrected chi connectivity index (χ0v) is 9.39. The van der Waals surface area contributed by atoms with E-state index in [0.29, 0.717) is 25.2 Å². The van der Waals surface area contributed by atoms with Crippen LogP contribution in [0.25, 0.3) is 0 Å². The van der Waals surface area contributed by atoms with Crippen LogP contribution in [0.5, 0.6) is 0 Å². The Kier molecular flexibility index (Phi) is 3.59. The van der Waals surface area contributed by atoms with Crippen LogP contribution >= 0.6 is 0 Å². The molecule has 1 fully saturated rings. The number of hydrogen-bond acceptors (Lipinski definition) is 3. The van der Waals surface area contributed by atoms with Crippen LogP contribution in [0.3, 0.4) is 0 Å². The van der Waals surface area contributed by atoms with Gasteiger partial charge in [-0.25, -0.2) is 9.59 Å². The number of nitrogens with zero attached hydrogens (tertiary/aromatic N) is 1. The second-order valence-corrected chi connectivity index (χ2v) is 3.72. The van der Waals surface area contributed by atoms with Gasteiger partial charge in [-0.1, -0.05) is 18.2 Å². The second kappa shape index (κ2) is 5.34. The van der Waals surface area contributed by atoms with Gasteiger partial charge in [-0.2, -0.15) is 0 Å². The summed E-state index contributed by atoms with van der Waals surface area (Å²) in [5, 5.41) is 2.69. The van der Waals surface area contributed by atoms with Crippen LogP contribution in [-0.2, 0) is 4.74 Å². The maximum atomic E-state index is 11.6. The highest BCUT2D eigenvalue weighted by Crippen LogP contribution is 2.02. The molecule has 2 amide bonds. The molecule has 1 N–H and O–H groups in total. The predicted octanol–water partition coefficient (Wildman–Crippen LogP) is 0.869. The number of hydrogen-bond donors (Lipinski definition) is 1. The fraction of sp³-hybridized carbons (Fsp3) is 0.333. The van der Waals surface area contributed by atoms with Crippen molar-refractivity contribution in [3.63, 3.8) is 0 Å². The largest absolute Gasteiger partial charge is 0.460 e. The normalized spacial score (nSPS) is 14.6. The molecule has 0 saturated carbocycles. The maximum Gasteiger partial charge on any atom is 0.338 e. The fourth-order valence-corrected chi connectivity index (χ4v) is 1.63. The van der Waals surface area contributed by atoms with E-state index in [1.165, 1.54) is 0 Å². The molecule has 0 radical (unpaired) electrons. The molecular weight excluding hydrogens is 220 g/mol. The molecule has 17 heavy (non-hydrogen) atoms. The van der Waals surface area contributed by atoms with Crippen molar-refractivity contribution in [2.24, 2.45) is 0 Å². The van der Waals surface area contributed by atoms with Crippen LogP contribution in [0.1, 0.15) is 10.4 Å². The summed E-state index contributed by atoms with van der Waals surface area (Å²) in [5.74, 6) is -0.356. The molecular formula is C12H14N2O3. The summed E-state index contributed by atoms with van der Waals surface area (Å²) in [6.07, 6.45) is 0. The molecule has 2 rings (SSSR count). The van der Waals surface area contributed by atoms with Crippen LogP contribution < -0.4 is 5.32 Å². The number of urea groups is 1. The topological polar surface area (TPSA) is 58.6 Å². The molecule has 0 unspecified atom stereocenters. The molecule has 0 aliphatic carbocycles. The molecule has 0 spiro atoms. The molecule has 1 aliphatic rings. The van der Waals surface area contributed by atoms with E-state index in [0.717, 1.165) is 0 Å². The SMILES string of the molecule is O=C(OCCN1CCNC1=O)c1ccccc1. The van der Waals surface area contributed by atoms with Crippen molar-refractivity contribution in [3.8, 4) is 0 Å². The monoisotopic (exact) mass is 234 g/mol. The van der Waals surface area contributed by atoms with E-state index < -0.39 is 0 Å². The zero-order valence-electron chi connectivity index (χ0n) is 9.39. The molecule has 0 bridgehead atoms. The summed E-state index contributed by atoms with van der Waals surface area (Å²) >= 11 is 0. The van der Waals surface area contributed by atoms with Crippen molar-refractivity contribution in [2.45, 2.75) is 0 Å². The molecule has 5 heteroatoms. The Morgan fingerprint density at radius 2 is 2.12 bits per heavy atom. The van der Waals surface area contributed by atoms with Gasteiger partial charge in [-0.05, 0) is 12.1 Å². The molecule has 1 saturated heterocycles. The van der Waals surface area contributed by atoms with Gasteiger partial charge in [0.15, 0.2) is 0 Å². The number of carbonyl (C=O) groups is 2. The zero-order chi connectivity index (χ0) is 12.1. The summed E-state index contributed by atoms with van der Waals surface area (Å²) < 4.78 is 5.08. The molecule has 90 valence electrons. The van der Waals surface area contributed by atoms with E-state index >= 15 is 0 Å². The van der Waals surface area contributed by atoms with Crippen molar-refractivity contribution < 1.29 is 14.3 Å². The third-order valence-corrected chi connectivity index (χ3v) is 2.55. The lowest BCUT2D eigenvalue weighted by molar-refractivity contribution is 0.0481. The number of carbonyl (C=O) groups excluding carboxylic acids is 2. The minimum Gasteiger partial charge on any atom is -0.460 e. The Bertz CT molecular complexity index is 405. The number of nitrogens with one attached hydrogen (secondary N) is 1. The van der Waals surface area contributed by atoms with E-state index in [1.807, 2.05) is 6.07 Å². The maximum absolute atomic E-state index is 11.6. The molecule has 0 aromatic heterocycles. The van der Waals surface area contributed by atoms with Crippen molar-refractivity contribution >= 4 is 12.0 Å². The van der Waals surface area contributed by atoms with Gasteiger partial charge in [0.2, 0.25) is 0 Å². The second-order valence-electron chi connectivity index (χ2n) is 3.72. The van der Waals surface area contributed by atoms with Crippen molar-refractivity contribution in [2.75, 3.05) is 26.2 Å². The van der Waals surface area contributed by atoms with Crippen molar-refractivity contribution in [3.05, 3.63) is 35.9 Å². The average Bonchev–Trinajstić information content (AvgIpc) is 2.76. The summed E-state index contributed by atoms with van der Waals surface area (Å²) in [6.45, 7) is 1.98. The molecule has 0 atom stereocenters. The van der Waals surface area contributed by atoms with Crippen molar-refractivity contribution in [1.29, 1.82) is 0 Å². The molecule has 1 aromatic carbocycles. The Balaban J connectivity index is 1.75. The predicted molar refractivity (Wildman–Crippen MR) is 61.7 cm³/mol. The fourth-order valence-electron chi connectivity index (χ4n) is 1.63. The Hall–Kier alpha value is -2.04. The molecule has 1 heterocycles. The summed E-state index contributed by atoms with van der Waals surface area (Å²) in [7, 11) is 0. The van der Waals surface area contributed by atoms with Crippen LogP contribution in [0, 0.1) is 0 Å². The highest BCUT2D eigenvalue weighted by Gasteiger charge is 2.19. The first-order valence-electron chi connectivity index (χ1n) is 5.52. The van der Waals surface area contributed by atoms with Gasteiger partial charge in [0.25, 0.3) is 0 Å². The lowest BCUT2D eigenvalue weighted by Crippen LogP contribution is -2.31. The number of amides is 2. The standard InChI is InChI=1S/C12H14N2O3/c15-11(10-4-2-1-3-5-10)17-9-8-14-7-6-13-12(14)16/h1-5H,6-9H2,(H,13,16). The van der Waals surface area contributed by atoms with Gasteiger partial charge >= 0.3 is 12.0 Å². The molecule has 5 nitrogen and oxygen atoms in total. The molecule has 1 aromatic rings. The Labute approximate surface area is 99.4 Å². The summed E-state index contributed by atoms with van der Waals surface area (Å²) in [6, 6.07) is 8.71. The Morgan fingerprint density at radius 1 is 1.35 bits per heavy atom. The lowest BCUT2D eigenvalue weighted by atomic mass is 10.2. The van der Waals surface area contributed by atoms with Crippen molar-refractivity contribution in [1.82, 2.24) is 10.2 Å². The van der Waals surface area contributed by atoms with E-state index in [1.54, 1.807) is 29.2 Å². The lowest BCUT2D eigenvalue weighted by Gasteiger charge is -2.13. The van der Waals surface area contributed by atoms with Gasteiger partial charge in [0.05, 0.1) is 12.1 Å². The highest BCUT2D eigenvalue weighted by atomic mass is 16.5. The summed E-state index contributed by atoms with van der Waals surface area (Å²) in [4.78, 5) is 24.4. The van der Waals surface area contributed by atoms with E-state index in [2.05, 4.69) is 5.32 Å². The van der Waals surface area contributed by atoms with E-state index in [4.69, 9.17) is 4.74 Å². The van der Waals surface area contributed by atoms with E-state index in [9.17, 15) is 9.59 Å². The number of benzene rings is 1. The number of ether oxygens (including phenoxy) is 1. The van der Waals surface area contributed by atoms with Crippen LogP contribution in [0.15, 0.2) is 30.3 Å². The highest BCUT2D eigenvalue weighted by molar-refractivity contribution is 5.89. The third kappa shape index (κ3) is 2.96. The minimum atomic E-state index is -0.356. The van der Waals surface area contributed by atoms with Crippen LogP contribution in [0.4, 0.5) is 4.79 Å². The first-order chi connectivity index (χ1) is 8.27. The van der Waals surface area contributed by atoms with Gasteiger partial charge in [0, 0.05) is 13.1 Å². The minimum absolute atomic E-state index is 0.0965. The quantitative estimate of drug-likeness (QED) is 0.786. The van der Waals surface area contributed by atoms with Gasteiger partial charge in [-0.15, -0.1) is 0 Å². The smallest absolute Gasteiger partial charge is 0.338 e. The molecule has 1 aliphatic heterocycles. The first kappa shape index (κ1) is 11.4. The van der Waals surface area contributed by atoms with E-state index in [-0.39, 0.29) is 18.6 Å². The Morgan fingerprint density at radius 3 is 2.76 bits per heavy atom. The first-order valence-corrected chi connectivity index (χ1v) is 5.52. The van der Waals surface area contributed by atoms with Crippen LogP contribution in [-0.4, -0.2) is 43.1 Å². The number of rotatable bonds is 4. The van der Waals surface area contributed by atoms with Gasteiger partial charge < -0.3 is 15.0 Å².